The number of hydrogen-bond donors (Lipinski definition) is 1. The van der Waals surface area contributed by atoms with Crippen LogP contribution in [0.2, 0.25) is 0 Å². The average molecular weight is 348 g/mol. The van der Waals surface area contributed by atoms with Gasteiger partial charge in [-0.3, -0.25) is 14.3 Å². The molecule has 0 saturated carbocycles. The summed E-state index contributed by atoms with van der Waals surface area (Å²) in [6.07, 6.45) is -1.45. The molecular weight excluding hydrogens is 331 g/mol. The highest BCUT2D eigenvalue weighted by Gasteiger charge is 2.40. The molecule has 1 saturated heterocycles. The second-order valence-corrected chi connectivity index (χ2v) is 5.87. The first-order chi connectivity index (χ1) is 12.0. The van der Waals surface area contributed by atoms with Crippen LogP contribution in [0.4, 0.5) is 4.39 Å². The van der Waals surface area contributed by atoms with E-state index in [-0.39, 0.29) is 18.8 Å². The van der Waals surface area contributed by atoms with Gasteiger partial charge in [-0.2, -0.15) is 0 Å². The first-order valence-electron chi connectivity index (χ1n) is 7.77. The number of esters is 1. The van der Waals surface area contributed by atoms with Gasteiger partial charge in [0, 0.05) is 11.8 Å². The fraction of sp³-hybridized carbons (Fsp3) is 0.353. The van der Waals surface area contributed by atoms with E-state index in [9.17, 15) is 18.8 Å². The maximum Gasteiger partial charge on any atom is 0.338 e. The van der Waals surface area contributed by atoms with Crippen LogP contribution in [0.1, 0.15) is 22.1 Å². The standard InChI is InChI=1S/C17H17FN2O5/c1-10-7-20(17(23)19-14(10)21)15-13(18)12(8-24-15)9-25-16(22)11-5-3-2-4-6-11/h2-7,12-13,15H,8-9H2,1H3,(H,19,21,23)/t12-,13-,15-/m1/s1. The quantitative estimate of drug-likeness (QED) is 0.838. The molecule has 2 aromatic rings. The minimum Gasteiger partial charge on any atom is -0.462 e. The summed E-state index contributed by atoms with van der Waals surface area (Å²) in [6, 6.07) is 8.38. The molecule has 1 N–H and O–H groups in total. The molecule has 0 bridgehead atoms. The fourth-order valence-electron chi connectivity index (χ4n) is 2.63. The lowest BCUT2D eigenvalue weighted by molar-refractivity contribution is 0.0172. The number of carbonyl (C=O) groups is 1. The van der Waals surface area contributed by atoms with Gasteiger partial charge in [-0.25, -0.2) is 14.0 Å². The molecule has 2 heterocycles. The number of nitrogens with zero attached hydrogens (tertiary/aromatic N) is 1. The Morgan fingerprint density at radius 3 is 2.80 bits per heavy atom. The summed E-state index contributed by atoms with van der Waals surface area (Å²) in [7, 11) is 0. The van der Waals surface area contributed by atoms with Crippen LogP contribution in [0.5, 0.6) is 0 Å². The van der Waals surface area contributed by atoms with Crippen LogP contribution in [0.25, 0.3) is 0 Å². The third-order valence-electron chi connectivity index (χ3n) is 4.06. The van der Waals surface area contributed by atoms with Crippen LogP contribution in [-0.2, 0) is 9.47 Å². The summed E-state index contributed by atoms with van der Waals surface area (Å²) < 4.78 is 26.1. The summed E-state index contributed by atoms with van der Waals surface area (Å²) in [5, 5.41) is 0. The molecule has 1 aliphatic rings. The van der Waals surface area contributed by atoms with Crippen molar-refractivity contribution < 1.29 is 18.7 Å². The smallest absolute Gasteiger partial charge is 0.338 e. The zero-order valence-electron chi connectivity index (χ0n) is 13.5. The number of aromatic amines is 1. The number of hydrogen-bond acceptors (Lipinski definition) is 5. The van der Waals surface area contributed by atoms with Gasteiger partial charge in [0.1, 0.15) is 0 Å². The van der Waals surface area contributed by atoms with Gasteiger partial charge in [0.25, 0.3) is 5.56 Å². The first-order valence-corrected chi connectivity index (χ1v) is 7.77. The number of benzene rings is 1. The third-order valence-corrected chi connectivity index (χ3v) is 4.06. The molecule has 3 rings (SSSR count). The number of aryl methyl sites for hydroxylation is 1. The Labute approximate surface area is 142 Å². The van der Waals surface area contributed by atoms with Gasteiger partial charge in [-0.15, -0.1) is 0 Å². The molecule has 0 radical (unpaired) electrons. The molecule has 7 nitrogen and oxygen atoms in total. The summed E-state index contributed by atoms with van der Waals surface area (Å²) in [5.41, 5.74) is -0.622. The minimum atomic E-state index is -1.55. The zero-order valence-corrected chi connectivity index (χ0v) is 13.5. The van der Waals surface area contributed by atoms with Crippen LogP contribution in [0, 0.1) is 12.8 Å². The van der Waals surface area contributed by atoms with Gasteiger partial charge in [0.15, 0.2) is 12.4 Å². The van der Waals surface area contributed by atoms with Crippen molar-refractivity contribution >= 4 is 5.97 Å². The van der Waals surface area contributed by atoms with Crippen LogP contribution >= 0.6 is 0 Å². The molecule has 132 valence electrons. The van der Waals surface area contributed by atoms with Gasteiger partial charge in [0.05, 0.1) is 24.7 Å². The number of aromatic nitrogens is 2. The third kappa shape index (κ3) is 3.53. The monoisotopic (exact) mass is 348 g/mol. The van der Waals surface area contributed by atoms with E-state index in [1.165, 1.54) is 13.1 Å². The van der Waals surface area contributed by atoms with Crippen LogP contribution in [0.15, 0.2) is 46.1 Å². The maximum absolute atomic E-state index is 14.6. The molecule has 1 fully saturated rings. The number of H-pyrrole nitrogens is 1. The predicted molar refractivity (Wildman–Crippen MR) is 86.2 cm³/mol. The summed E-state index contributed by atoms with van der Waals surface area (Å²) >= 11 is 0. The molecule has 3 atom stereocenters. The Bertz CT molecular complexity index is 877. The summed E-state index contributed by atoms with van der Waals surface area (Å²) in [6.45, 7) is 1.34. The highest BCUT2D eigenvalue weighted by molar-refractivity contribution is 5.89. The van der Waals surface area contributed by atoms with Crippen LogP contribution in [0.3, 0.4) is 0 Å². The maximum atomic E-state index is 14.6. The van der Waals surface area contributed by atoms with Gasteiger partial charge in [-0.1, -0.05) is 18.2 Å². The summed E-state index contributed by atoms with van der Waals surface area (Å²) in [5.74, 6) is -1.25. The Morgan fingerprint density at radius 1 is 1.36 bits per heavy atom. The second kappa shape index (κ2) is 7.02. The first kappa shape index (κ1) is 17.1. The van der Waals surface area contributed by atoms with Crippen molar-refractivity contribution in [3.8, 4) is 0 Å². The van der Waals surface area contributed by atoms with Crippen molar-refractivity contribution in [3.05, 3.63) is 68.5 Å². The minimum absolute atomic E-state index is 0.00147. The van der Waals surface area contributed by atoms with Gasteiger partial charge in [0.2, 0.25) is 0 Å². The van der Waals surface area contributed by atoms with E-state index in [0.717, 1.165) is 4.57 Å². The zero-order chi connectivity index (χ0) is 18.0. The highest BCUT2D eigenvalue weighted by Crippen LogP contribution is 2.30. The molecule has 1 aromatic carbocycles. The van der Waals surface area contributed by atoms with Crippen molar-refractivity contribution in [1.82, 2.24) is 9.55 Å². The van der Waals surface area contributed by atoms with Gasteiger partial charge >= 0.3 is 11.7 Å². The molecule has 0 unspecified atom stereocenters. The number of alkyl halides is 1. The summed E-state index contributed by atoms with van der Waals surface area (Å²) in [4.78, 5) is 37.3. The predicted octanol–water partition coefficient (Wildman–Crippen LogP) is 1.19. The van der Waals surface area contributed by atoms with E-state index >= 15 is 0 Å². The molecular formula is C17H17FN2O5. The normalized spacial score (nSPS) is 22.7. The molecule has 0 spiro atoms. The van der Waals surface area contributed by atoms with E-state index in [1.54, 1.807) is 30.3 Å². The molecule has 0 aliphatic carbocycles. The lowest BCUT2D eigenvalue weighted by atomic mass is 10.1. The van der Waals surface area contributed by atoms with Crippen LogP contribution < -0.4 is 11.2 Å². The molecule has 8 heteroatoms. The average Bonchev–Trinajstić information content (AvgIpc) is 2.97. The second-order valence-electron chi connectivity index (χ2n) is 5.87. The van der Waals surface area contributed by atoms with E-state index in [2.05, 4.69) is 4.98 Å². The van der Waals surface area contributed by atoms with Crippen molar-refractivity contribution in [2.24, 2.45) is 5.92 Å². The topological polar surface area (TPSA) is 90.4 Å². The van der Waals surface area contributed by atoms with Crippen LogP contribution in [-0.4, -0.2) is 34.9 Å². The van der Waals surface area contributed by atoms with Gasteiger partial charge < -0.3 is 9.47 Å². The Balaban J connectivity index is 1.67. The number of ether oxygens (including phenoxy) is 2. The largest absolute Gasteiger partial charge is 0.462 e. The van der Waals surface area contributed by atoms with E-state index in [1.807, 2.05) is 0 Å². The number of carbonyl (C=O) groups excluding carboxylic acids is 1. The Kier molecular flexibility index (Phi) is 4.80. The van der Waals surface area contributed by atoms with Crippen molar-refractivity contribution in [2.75, 3.05) is 13.2 Å². The number of halogens is 1. The van der Waals surface area contributed by atoms with Crippen molar-refractivity contribution in [2.45, 2.75) is 19.3 Å². The van der Waals surface area contributed by atoms with Crippen molar-refractivity contribution in [3.63, 3.8) is 0 Å². The van der Waals surface area contributed by atoms with E-state index < -0.39 is 35.5 Å². The molecule has 25 heavy (non-hydrogen) atoms. The van der Waals surface area contributed by atoms with E-state index in [0.29, 0.717) is 5.56 Å². The molecule has 0 amide bonds. The lowest BCUT2D eigenvalue weighted by Gasteiger charge is -2.17. The number of nitrogens with one attached hydrogen (secondary N) is 1. The van der Waals surface area contributed by atoms with E-state index in [4.69, 9.17) is 9.47 Å². The van der Waals surface area contributed by atoms with Gasteiger partial charge in [-0.05, 0) is 19.1 Å². The SMILES string of the molecule is Cc1cn([C@@H]2OC[C@H](COC(=O)c3ccccc3)[C@H]2F)c(=O)[nH]c1=O. The molecule has 1 aliphatic heterocycles. The molecule has 1 aromatic heterocycles. The lowest BCUT2D eigenvalue weighted by Crippen LogP contribution is -2.36. The Hall–Kier alpha value is -2.74. The fourth-order valence-corrected chi connectivity index (χ4v) is 2.63. The highest BCUT2D eigenvalue weighted by atomic mass is 19.1. The number of rotatable bonds is 4. The Morgan fingerprint density at radius 2 is 2.08 bits per heavy atom. The van der Waals surface area contributed by atoms with Crippen molar-refractivity contribution in [1.29, 1.82) is 0 Å².